The molecule has 1 fully saturated rings. The smallest absolute Gasteiger partial charge is 0.249 e. The number of nitrogens with zero attached hydrogens (tertiary/aromatic N) is 1. The lowest BCUT2D eigenvalue weighted by Crippen LogP contribution is -2.44. The first-order chi connectivity index (χ1) is 5.97. The predicted octanol–water partition coefficient (Wildman–Crippen LogP) is 0.213. The number of amides is 1. The summed E-state index contributed by atoms with van der Waals surface area (Å²) in [6, 6.07) is 0. The molecule has 1 amide bonds. The van der Waals surface area contributed by atoms with Crippen LogP contribution in [0.5, 0.6) is 0 Å². The van der Waals surface area contributed by atoms with E-state index in [0.29, 0.717) is 6.42 Å². The third-order valence-corrected chi connectivity index (χ3v) is 2.26. The maximum Gasteiger partial charge on any atom is 0.249 e. The van der Waals surface area contributed by atoms with Crippen LogP contribution in [0.2, 0.25) is 0 Å². The van der Waals surface area contributed by atoms with Gasteiger partial charge in [0.1, 0.15) is 6.61 Å². The molecule has 1 aliphatic rings. The van der Waals surface area contributed by atoms with E-state index >= 15 is 0 Å². The van der Waals surface area contributed by atoms with Gasteiger partial charge in [-0.1, -0.05) is 0 Å². The summed E-state index contributed by atoms with van der Waals surface area (Å²) in [5.74, 6) is 0.00723. The van der Waals surface area contributed by atoms with E-state index in [1.165, 1.54) is 7.11 Å². The number of hydrogen-bond acceptors (Lipinski definition) is 3. The second kappa shape index (κ2) is 3.46. The molecule has 1 heterocycles. The largest absolute Gasteiger partial charge is 0.375 e. The molecular formula is C9H15NO3. The zero-order valence-electron chi connectivity index (χ0n) is 8.29. The quantitative estimate of drug-likeness (QED) is 0.618. The van der Waals surface area contributed by atoms with Crippen molar-refractivity contribution in [1.29, 1.82) is 0 Å². The zero-order chi connectivity index (χ0) is 10.1. The molecule has 0 aromatic heterocycles. The third-order valence-electron chi connectivity index (χ3n) is 2.26. The Balaban J connectivity index is 2.69. The lowest BCUT2D eigenvalue weighted by molar-refractivity contribution is -0.139. The highest BCUT2D eigenvalue weighted by Gasteiger charge is 2.39. The molecule has 0 atom stereocenters. The fraction of sp³-hybridized carbons (Fsp3) is 0.778. The third kappa shape index (κ3) is 2.06. The van der Waals surface area contributed by atoms with Gasteiger partial charge < -0.3 is 9.64 Å². The van der Waals surface area contributed by atoms with Crippen molar-refractivity contribution in [2.45, 2.75) is 25.8 Å². The van der Waals surface area contributed by atoms with E-state index in [1.807, 2.05) is 13.8 Å². The molecule has 4 nitrogen and oxygen atoms in total. The van der Waals surface area contributed by atoms with Crippen molar-refractivity contribution >= 4 is 11.7 Å². The van der Waals surface area contributed by atoms with Crippen molar-refractivity contribution in [3.63, 3.8) is 0 Å². The van der Waals surface area contributed by atoms with Crippen LogP contribution in [0.1, 0.15) is 20.3 Å². The summed E-state index contributed by atoms with van der Waals surface area (Å²) in [4.78, 5) is 24.2. The summed E-state index contributed by atoms with van der Waals surface area (Å²) in [5.41, 5.74) is -0.341. The Labute approximate surface area is 77.8 Å². The van der Waals surface area contributed by atoms with E-state index in [9.17, 15) is 9.59 Å². The van der Waals surface area contributed by atoms with Crippen molar-refractivity contribution in [1.82, 2.24) is 4.90 Å². The van der Waals surface area contributed by atoms with Crippen LogP contribution in [0.4, 0.5) is 0 Å². The average Bonchev–Trinajstić information content (AvgIpc) is 2.24. The summed E-state index contributed by atoms with van der Waals surface area (Å²) in [5, 5.41) is 0. The van der Waals surface area contributed by atoms with Crippen LogP contribution in [-0.4, -0.2) is 42.4 Å². The van der Waals surface area contributed by atoms with Crippen LogP contribution in [0, 0.1) is 0 Å². The molecule has 0 aliphatic carbocycles. The van der Waals surface area contributed by atoms with Gasteiger partial charge in [0.15, 0.2) is 5.78 Å². The van der Waals surface area contributed by atoms with E-state index in [4.69, 9.17) is 4.74 Å². The topological polar surface area (TPSA) is 46.6 Å². The number of Topliss-reactive ketones (excluding diaryl/α,β-unsaturated/α-hetero) is 1. The van der Waals surface area contributed by atoms with Crippen molar-refractivity contribution in [2.75, 3.05) is 20.3 Å². The zero-order valence-corrected chi connectivity index (χ0v) is 8.29. The lowest BCUT2D eigenvalue weighted by atomic mass is 10.0. The summed E-state index contributed by atoms with van der Waals surface area (Å²) < 4.78 is 4.74. The van der Waals surface area contributed by atoms with E-state index < -0.39 is 0 Å². The molecule has 0 aromatic carbocycles. The summed E-state index contributed by atoms with van der Waals surface area (Å²) in [6.07, 6.45) is 0.447. The Hall–Kier alpha value is -0.900. The van der Waals surface area contributed by atoms with E-state index in [-0.39, 0.29) is 30.4 Å². The molecule has 1 rings (SSSR count). The van der Waals surface area contributed by atoms with Crippen LogP contribution in [0.15, 0.2) is 0 Å². The molecule has 0 N–H and O–H groups in total. The molecule has 0 unspecified atom stereocenters. The van der Waals surface area contributed by atoms with Crippen molar-refractivity contribution in [2.24, 2.45) is 0 Å². The van der Waals surface area contributed by atoms with Crippen LogP contribution in [0.25, 0.3) is 0 Å². The van der Waals surface area contributed by atoms with Gasteiger partial charge in [-0.25, -0.2) is 0 Å². The van der Waals surface area contributed by atoms with Gasteiger partial charge in [-0.2, -0.15) is 0 Å². The van der Waals surface area contributed by atoms with Gasteiger partial charge in [0.25, 0.3) is 0 Å². The number of carbonyl (C=O) groups excluding carboxylic acids is 2. The van der Waals surface area contributed by atoms with E-state index in [2.05, 4.69) is 0 Å². The first-order valence-corrected chi connectivity index (χ1v) is 4.28. The molecule has 0 saturated carbocycles. The predicted molar refractivity (Wildman–Crippen MR) is 47.3 cm³/mol. The molecule has 0 spiro atoms. The number of hydrogen-bond donors (Lipinski definition) is 0. The van der Waals surface area contributed by atoms with E-state index in [1.54, 1.807) is 4.90 Å². The molecule has 0 radical (unpaired) electrons. The number of carbonyl (C=O) groups is 2. The highest BCUT2D eigenvalue weighted by molar-refractivity contribution is 5.91. The number of ketones is 1. The van der Waals surface area contributed by atoms with E-state index in [0.717, 1.165) is 0 Å². The number of methoxy groups -OCH3 is 1. The summed E-state index contributed by atoms with van der Waals surface area (Å²) in [7, 11) is 1.47. The van der Waals surface area contributed by atoms with Gasteiger partial charge in [0, 0.05) is 19.1 Å². The molecule has 1 aliphatic heterocycles. The monoisotopic (exact) mass is 185 g/mol. The van der Waals surface area contributed by atoms with Crippen LogP contribution in [-0.2, 0) is 14.3 Å². The van der Waals surface area contributed by atoms with Crippen LogP contribution in [0.3, 0.4) is 0 Å². The van der Waals surface area contributed by atoms with Crippen molar-refractivity contribution in [3.05, 3.63) is 0 Å². The normalized spacial score (nSPS) is 20.8. The minimum absolute atomic E-state index is 0.0523. The Kier molecular flexibility index (Phi) is 2.71. The van der Waals surface area contributed by atoms with Gasteiger partial charge in [-0.3, -0.25) is 9.59 Å². The fourth-order valence-corrected chi connectivity index (χ4v) is 1.65. The van der Waals surface area contributed by atoms with Gasteiger partial charge in [-0.05, 0) is 13.8 Å². The molecule has 0 bridgehead atoms. The van der Waals surface area contributed by atoms with Gasteiger partial charge >= 0.3 is 0 Å². The Morgan fingerprint density at radius 2 is 2.23 bits per heavy atom. The minimum atomic E-state index is -0.341. The molecule has 13 heavy (non-hydrogen) atoms. The number of rotatable bonds is 2. The highest BCUT2D eigenvalue weighted by Crippen LogP contribution is 2.25. The second-order valence-electron chi connectivity index (χ2n) is 3.94. The maximum absolute atomic E-state index is 11.5. The highest BCUT2D eigenvalue weighted by atomic mass is 16.5. The first-order valence-electron chi connectivity index (χ1n) is 4.28. The SMILES string of the molecule is COCC(=O)N1CC(=O)CC1(C)C. The molecule has 4 heteroatoms. The average molecular weight is 185 g/mol. The van der Waals surface area contributed by atoms with Crippen molar-refractivity contribution < 1.29 is 14.3 Å². The van der Waals surface area contributed by atoms with Gasteiger partial charge in [-0.15, -0.1) is 0 Å². The van der Waals surface area contributed by atoms with Crippen LogP contribution >= 0.6 is 0 Å². The Morgan fingerprint density at radius 1 is 1.62 bits per heavy atom. The number of likely N-dealkylation sites (tertiary alicyclic amines) is 1. The van der Waals surface area contributed by atoms with Crippen LogP contribution < -0.4 is 0 Å². The molecule has 0 aromatic rings. The molecular weight excluding hydrogens is 170 g/mol. The fourth-order valence-electron chi connectivity index (χ4n) is 1.65. The standard InChI is InChI=1S/C9H15NO3/c1-9(2)4-7(11)5-10(9)8(12)6-13-3/h4-6H2,1-3H3. The second-order valence-corrected chi connectivity index (χ2v) is 3.94. The van der Waals surface area contributed by atoms with Gasteiger partial charge in [0.2, 0.25) is 5.91 Å². The first kappa shape index (κ1) is 10.2. The number of ether oxygens (including phenoxy) is 1. The van der Waals surface area contributed by atoms with Crippen molar-refractivity contribution in [3.8, 4) is 0 Å². The minimum Gasteiger partial charge on any atom is -0.375 e. The Bertz CT molecular complexity index is 235. The lowest BCUT2D eigenvalue weighted by Gasteiger charge is -2.30. The molecule has 74 valence electrons. The van der Waals surface area contributed by atoms with Gasteiger partial charge in [0.05, 0.1) is 6.54 Å². The molecule has 1 saturated heterocycles. The summed E-state index contributed by atoms with van der Waals surface area (Å²) in [6.45, 7) is 4.07. The maximum atomic E-state index is 11.5. The Morgan fingerprint density at radius 3 is 2.62 bits per heavy atom. The summed E-state index contributed by atoms with van der Waals surface area (Å²) >= 11 is 0.